The Bertz CT molecular complexity index is 748. The molecule has 0 spiro atoms. The van der Waals surface area contributed by atoms with Gasteiger partial charge >= 0.3 is 0 Å². The normalized spacial score (nSPS) is 10.7. The van der Waals surface area contributed by atoms with Crippen molar-refractivity contribution in [1.29, 1.82) is 0 Å². The lowest BCUT2D eigenvalue weighted by atomic mass is 10.1. The van der Waals surface area contributed by atoms with E-state index < -0.39 is 0 Å². The second-order valence-corrected chi connectivity index (χ2v) is 4.63. The summed E-state index contributed by atoms with van der Waals surface area (Å²) >= 11 is 0. The van der Waals surface area contributed by atoms with Gasteiger partial charge in [0.1, 0.15) is 5.52 Å². The molecule has 1 amide bonds. The first-order chi connectivity index (χ1) is 9.70. The van der Waals surface area contributed by atoms with Gasteiger partial charge in [-0.15, -0.1) is 0 Å². The summed E-state index contributed by atoms with van der Waals surface area (Å²) in [5.41, 5.74) is 3.19. The zero-order chi connectivity index (χ0) is 13.9. The molecule has 0 unspecified atom stereocenters. The van der Waals surface area contributed by atoms with Crippen molar-refractivity contribution >= 4 is 22.7 Å². The van der Waals surface area contributed by atoms with Crippen LogP contribution >= 0.6 is 0 Å². The van der Waals surface area contributed by atoms with Gasteiger partial charge in [0.05, 0.1) is 6.42 Å². The molecule has 1 heterocycles. The Labute approximate surface area is 116 Å². The topological polar surface area (TPSA) is 55.1 Å². The molecule has 1 aromatic heterocycles. The zero-order valence-corrected chi connectivity index (χ0v) is 11.1. The highest BCUT2D eigenvalue weighted by Crippen LogP contribution is 2.19. The van der Waals surface area contributed by atoms with Crippen LogP contribution in [0.25, 0.3) is 11.1 Å². The molecule has 0 aliphatic carbocycles. The summed E-state index contributed by atoms with van der Waals surface area (Å²) in [5, 5.41) is 2.87. The lowest BCUT2D eigenvalue weighted by Gasteiger charge is -2.05. The Morgan fingerprint density at radius 1 is 1.20 bits per heavy atom. The number of carbonyl (C=O) groups excluding carboxylic acids is 1. The first-order valence-corrected chi connectivity index (χ1v) is 6.42. The number of hydrogen-bond acceptors (Lipinski definition) is 3. The number of aromatic nitrogens is 1. The van der Waals surface area contributed by atoms with E-state index >= 15 is 0 Å². The van der Waals surface area contributed by atoms with Gasteiger partial charge in [0.25, 0.3) is 0 Å². The first-order valence-electron chi connectivity index (χ1n) is 6.42. The summed E-state index contributed by atoms with van der Waals surface area (Å²) in [4.78, 5) is 16.2. The van der Waals surface area contributed by atoms with Crippen molar-refractivity contribution in [3.63, 3.8) is 0 Å². The van der Waals surface area contributed by atoms with Crippen molar-refractivity contribution in [2.24, 2.45) is 0 Å². The van der Waals surface area contributed by atoms with Gasteiger partial charge in [-0.1, -0.05) is 30.3 Å². The van der Waals surface area contributed by atoms with Crippen LogP contribution in [0.3, 0.4) is 0 Å². The maximum atomic E-state index is 12.0. The molecule has 0 saturated heterocycles. The van der Waals surface area contributed by atoms with Crippen LogP contribution < -0.4 is 5.32 Å². The van der Waals surface area contributed by atoms with E-state index in [2.05, 4.69) is 10.3 Å². The maximum Gasteiger partial charge on any atom is 0.228 e. The molecule has 4 nitrogen and oxygen atoms in total. The van der Waals surface area contributed by atoms with Gasteiger partial charge in [-0.3, -0.25) is 4.79 Å². The summed E-state index contributed by atoms with van der Waals surface area (Å²) in [5.74, 6) is 0.573. The number of nitrogens with one attached hydrogen (secondary N) is 1. The molecule has 0 saturated carbocycles. The largest absolute Gasteiger partial charge is 0.441 e. The molecule has 100 valence electrons. The summed E-state index contributed by atoms with van der Waals surface area (Å²) in [7, 11) is 0. The lowest BCUT2D eigenvalue weighted by Crippen LogP contribution is -2.14. The molecule has 0 fully saturated rings. The van der Waals surface area contributed by atoms with E-state index in [-0.39, 0.29) is 5.91 Å². The number of nitrogens with zero attached hydrogens (tertiary/aromatic N) is 1. The monoisotopic (exact) mass is 266 g/mol. The molecule has 2 aromatic carbocycles. The quantitative estimate of drug-likeness (QED) is 0.791. The van der Waals surface area contributed by atoms with Crippen LogP contribution in [0, 0.1) is 6.92 Å². The number of fused-ring (bicyclic) bond motifs is 1. The van der Waals surface area contributed by atoms with E-state index in [1.54, 1.807) is 6.92 Å². The van der Waals surface area contributed by atoms with Crippen LogP contribution in [0.4, 0.5) is 5.69 Å². The van der Waals surface area contributed by atoms with Crippen LogP contribution in [0.5, 0.6) is 0 Å². The van der Waals surface area contributed by atoms with E-state index in [0.717, 1.165) is 22.4 Å². The van der Waals surface area contributed by atoms with Crippen LogP contribution in [0.2, 0.25) is 0 Å². The Balaban J connectivity index is 1.74. The van der Waals surface area contributed by atoms with Gasteiger partial charge in [-0.2, -0.15) is 0 Å². The van der Waals surface area contributed by atoms with E-state index in [4.69, 9.17) is 4.42 Å². The van der Waals surface area contributed by atoms with Crippen molar-refractivity contribution in [3.05, 3.63) is 60.0 Å². The van der Waals surface area contributed by atoms with Crippen molar-refractivity contribution in [2.45, 2.75) is 13.3 Å². The fourth-order valence-electron chi connectivity index (χ4n) is 2.11. The minimum Gasteiger partial charge on any atom is -0.441 e. The number of aryl methyl sites for hydroxylation is 1. The van der Waals surface area contributed by atoms with Crippen LogP contribution in [-0.4, -0.2) is 10.9 Å². The Morgan fingerprint density at radius 2 is 2.00 bits per heavy atom. The third-order valence-corrected chi connectivity index (χ3v) is 2.99. The predicted molar refractivity (Wildman–Crippen MR) is 77.5 cm³/mol. The van der Waals surface area contributed by atoms with Gasteiger partial charge in [0.15, 0.2) is 11.5 Å². The molecule has 0 radical (unpaired) electrons. The van der Waals surface area contributed by atoms with Gasteiger partial charge in [-0.25, -0.2) is 4.98 Å². The highest BCUT2D eigenvalue weighted by atomic mass is 16.3. The van der Waals surface area contributed by atoms with Gasteiger partial charge < -0.3 is 9.73 Å². The molecular weight excluding hydrogens is 252 g/mol. The third-order valence-electron chi connectivity index (χ3n) is 2.99. The Kier molecular flexibility index (Phi) is 3.21. The molecule has 0 atom stereocenters. The predicted octanol–water partition coefficient (Wildman–Crippen LogP) is 3.32. The SMILES string of the molecule is Cc1nc2cc(NC(=O)Cc3ccccc3)ccc2o1. The second kappa shape index (κ2) is 5.17. The molecule has 3 aromatic rings. The molecule has 20 heavy (non-hydrogen) atoms. The van der Waals surface area contributed by atoms with Crippen LogP contribution in [0.1, 0.15) is 11.5 Å². The number of oxazole rings is 1. The average molecular weight is 266 g/mol. The van der Waals surface area contributed by atoms with E-state index in [1.807, 2.05) is 48.5 Å². The highest BCUT2D eigenvalue weighted by Gasteiger charge is 2.07. The molecule has 4 heteroatoms. The lowest BCUT2D eigenvalue weighted by molar-refractivity contribution is -0.115. The van der Waals surface area contributed by atoms with Crippen molar-refractivity contribution < 1.29 is 9.21 Å². The molecule has 0 aliphatic heterocycles. The van der Waals surface area contributed by atoms with E-state index in [9.17, 15) is 4.79 Å². The van der Waals surface area contributed by atoms with Crippen LogP contribution in [0.15, 0.2) is 52.9 Å². The number of hydrogen-bond donors (Lipinski definition) is 1. The van der Waals surface area contributed by atoms with Gasteiger partial charge in [0.2, 0.25) is 5.91 Å². The number of anilines is 1. The van der Waals surface area contributed by atoms with Crippen molar-refractivity contribution in [3.8, 4) is 0 Å². The van der Waals surface area contributed by atoms with Crippen LogP contribution in [-0.2, 0) is 11.2 Å². The number of carbonyl (C=O) groups is 1. The summed E-state index contributed by atoms with van der Waals surface area (Å²) in [6.07, 6.45) is 0.358. The highest BCUT2D eigenvalue weighted by molar-refractivity contribution is 5.94. The number of rotatable bonds is 3. The maximum absolute atomic E-state index is 12.0. The minimum atomic E-state index is -0.0456. The van der Waals surface area contributed by atoms with Gasteiger partial charge in [-0.05, 0) is 23.8 Å². The Morgan fingerprint density at radius 3 is 2.80 bits per heavy atom. The number of benzene rings is 2. The molecule has 0 aliphatic rings. The zero-order valence-electron chi connectivity index (χ0n) is 11.1. The van der Waals surface area contributed by atoms with E-state index in [0.29, 0.717) is 12.3 Å². The summed E-state index contributed by atoms with van der Waals surface area (Å²) < 4.78 is 5.40. The molecular formula is C16H14N2O2. The second-order valence-electron chi connectivity index (χ2n) is 4.63. The summed E-state index contributed by atoms with van der Waals surface area (Å²) in [6, 6.07) is 15.1. The summed E-state index contributed by atoms with van der Waals surface area (Å²) in [6.45, 7) is 1.80. The van der Waals surface area contributed by atoms with Crippen molar-refractivity contribution in [2.75, 3.05) is 5.32 Å². The third kappa shape index (κ3) is 2.69. The smallest absolute Gasteiger partial charge is 0.228 e. The van der Waals surface area contributed by atoms with Gasteiger partial charge in [0, 0.05) is 12.6 Å². The molecule has 1 N–H and O–H groups in total. The van der Waals surface area contributed by atoms with Crippen molar-refractivity contribution in [1.82, 2.24) is 4.98 Å². The Hall–Kier alpha value is -2.62. The first kappa shape index (κ1) is 12.4. The average Bonchev–Trinajstić information content (AvgIpc) is 2.79. The minimum absolute atomic E-state index is 0.0456. The fraction of sp³-hybridized carbons (Fsp3) is 0.125. The number of amides is 1. The van der Waals surface area contributed by atoms with E-state index in [1.165, 1.54) is 0 Å². The fourth-order valence-corrected chi connectivity index (χ4v) is 2.11. The standard InChI is InChI=1S/C16H14N2O2/c1-11-17-14-10-13(7-8-15(14)20-11)18-16(19)9-12-5-3-2-4-6-12/h2-8,10H,9H2,1H3,(H,18,19). The molecule has 3 rings (SSSR count). The molecule has 0 bridgehead atoms.